The molecule has 0 bridgehead atoms. The van der Waals surface area contributed by atoms with Crippen molar-refractivity contribution in [2.45, 2.75) is 12.0 Å². The van der Waals surface area contributed by atoms with E-state index in [1.54, 1.807) is 24.3 Å². The molecule has 0 atom stereocenters. The first-order valence-corrected chi connectivity index (χ1v) is 7.18. The molecule has 0 aliphatic rings. The van der Waals surface area contributed by atoms with Crippen LogP contribution < -0.4 is 4.72 Å². The van der Waals surface area contributed by atoms with Crippen molar-refractivity contribution in [3.63, 3.8) is 0 Å². The van der Waals surface area contributed by atoms with Gasteiger partial charge in [-0.1, -0.05) is 17.7 Å². The summed E-state index contributed by atoms with van der Waals surface area (Å²) in [6.45, 7) is 1.90. The highest BCUT2D eigenvalue weighted by molar-refractivity contribution is 7.92. The fourth-order valence-electron chi connectivity index (χ4n) is 1.50. The standard InChI is InChI=1S/C13H13NO5S/c1-9-3-5-10(6-4-9)14-20(16,17)12-8-7-11(19-12)13(15)18-2/h3-8,14H,1-2H3. The van der Waals surface area contributed by atoms with E-state index in [4.69, 9.17) is 4.42 Å². The van der Waals surface area contributed by atoms with Gasteiger partial charge < -0.3 is 9.15 Å². The molecule has 0 spiro atoms. The Balaban J connectivity index is 2.24. The molecule has 6 nitrogen and oxygen atoms in total. The summed E-state index contributed by atoms with van der Waals surface area (Å²) in [6, 6.07) is 9.27. The largest absolute Gasteiger partial charge is 0.463 e. The van der Waals surface area contributed by atoms with Crippen LogP contribution in [-0.2, 0) is 14.8 Å². The van der Waals surface area contributed by atoms with Gasteiger partial charge >= 0.3 is 5.97 Å². The summed E-state index contributed by atoms with van der Waals surface area (Å²) < 4.78 is 35.9. The number of aryl methyl sites for hydroxylation is 1. The van der Waals surface area contributed by atoms with E-state index in [2.05, 4.69) is 9.46 Å². The number of benzene rings is 1. The van der Waals surface area contributed by atoms with Crippen molar-refractivity contribution < 1.29 is 22.4 Å². The predicted octanol–water partition coefficient (Wildman–Crippen LogP) is 2.18. The molecular weight excluding hydrogens is 282 g/mol. The quantitative estimate of drug-likeness (QED) is 0.874. The van der Waals surface area contributed by atoms with Gasteiger partial charge in [0.05, 0.1) is 7.11 Å². The molecule has 0 aliphatic heterocycles. The van der Waals surface area contributed by atoms with Gasteiger partial charge in [-0.3, -0.25) is 4.72 Å². The first-order valence-electron chi connectivity index (χ1n) is 5.70. The van der Waals surface area contributed by atoms with Crippen molar-refractivity contribution in [3.05, 3.63) is 47.7 Å². The number of anilines is 1. The van der Waals surface area contributed by atoms with Crippen LogP contribution in [0.5, 0.6) is 0 Å². The summed E-state index contributed by atoms with van der Waals surface area (Å²) in [5, 5.41) is -0.349. The summed E-state index contributed by atoms with van der Waals surface area (Å²) in [6.07, 6.45) is 0. The number of ether oxygens (including phenoxy) is 1. The van der Waals surface area contributed by atoms with E-state index in [9.17, 15) is 13.2 Å². The summed E-state index contributed by atoms with van der Waals surface area (Å²) in [5.74, 6) is -0.904. The number of carbonyl (C=O) groups excluding carboxylic acids is 1. The number of hydrogen-bond acceptors (Lipinski definition) is 5. The highest BCUT2D eigenvalue weighted by Gasteiger charge is 2.21. The molecule has 1 aromatic heterocycles. The lowest BCUT2D eigenvalue weighted by Gasteiger charge is -2.05. The van der Waals surface area contributed by atoms with E-state index >= 15 is 0 Å². The minimum absolute atomic E-state index is 0.170. The molecule has 0 aliphatic carbocycles. The van der Waals surface area contributed by atoms with Crippen LogP contribution in [0.4, 0.5) is 5.69 Å². The summed E-state index contributed by atoms with van der Waals surface area (Å²) in [4.78, 5) is 11.2. The van der Waals surface area contributed by atoms with Crippen molar-refractivity contribution in [1.29, 1.82) is 0 Å². The lowest BCUT2D eigenvalue weighted by Crippen LogP contribution is -2.12. The van der Waals surface area contributed by atoms with Gasteiger partial charge in [-0.15, -0.1) is 0 Å². The molecule has 0 unspecified atom stereocenters. The van der Waals surface area contributed by atoms with Gasteiger partial charge in [0.2, 0.25) is 10.9 Å². The average Bonchev–Trinajstić information content (AvgIpc) is 2.91. The Morgan fingerprint density at radius 3 is 2.40 bits per heavy atom. The fraction of sp³-hybridized carbons (Fsp3) is 0.154. The average molecular weight is 295 g/mol. The van der Waals surface area contributed by atoms with E-state index in [-0.39, 0.29) is 10.9 Å². The second kappa shape index (κ2) is 5.38. The Morgan fingerprint density at radius 2 is 1.80 bits per heavy atom. The lowest BCUT2D eigenvalue weighted by molar-refractivity contribution is 0.0559. The van der Waals surface area contributed by atoms with Gasteiger partial charge in [0.1, 0.15) is 0 Å². The molecule has 20 heavy (non-hydrogen) atoms. The third-order valence-corrected chi connectivity index (χ3v) is 3.79. The van der Waals surface area contributed by atoms with Gasteiger partial charge in [-0.2, -0.15) is 8.42 Å². The zero-order valence-electron chi connectivity index (χ0n) is 10.9. The second-order valence-corrected chi connectivity index (χ2v) is 5.70. The van der Waals surface area contributed by atoms with E-state index in [0.717, 1.165) is 5.56 Å². The van der Waals surface area contributed by atoms with E-state index in [0.29, 0.717) is 5.69 Å². The number of carbonyl (C=O) groups is 1. The van der Waals surface area contributed by atoms with Crippen LogP contribution in [0.1, 0.15) is 16.1 Å². The van der Waals surface area contributed by atoms with Gasteiger partial charge in [0.15, 0.2) is 0 Å². The lowest BCUT2D eigenvalue weighted by atomic mass is 10.2. The number of methoxy groups -OCH3 is 1. The van der Waals surface area contributed by atoms with Crippen molar-refractivity contribution in [3.8, 4) is 0 Å². The van der Waals surface area contributed by atoms with Crippen molar-refractivity contribution in [1.82, 2.24) is 0 Å². The first kappa shape index (κ1) is 14.1. The maximum Gasteiger partial charge on any atom is 0.374 e. The molecule has 2 aromatic rings. The molecule has 2 rings (SSSR count). The molecule has 7 heteroatoms. The Kier molecular flexibility index (Phi) is 3.80. The summed E-state index contributed by atoms with van der Waals surface area (Å²) in [5.41, 5.74) is 1.42. The van der Waals surface area contributed by atoms with Crippen molar-refractivity contribution in [2.75, 3.05) is 11.8 Å². The van der Waals surface area contributed by atoms with Gasteiger partial charge in [0.25, 0.3) is 10.0 Å². The topological polar surface area (TPSA) is 85.6 Å². The Morgan fingerprint density at radius 1 is 1.15 bits per heavy atom. The third-order valence-electron chi connectivity index (χ3n) is 2.54. The van der Waals surface area contributed by atoms with Crippen LogP contribution in [0, 0.1) is 6.92 Å². The van der Waals surface area contributed by atoms with Crippen LogP contribution in [0.2, 0.25) is 0 Å². The third kappa shape index (κ3) is 3.00. The molecule has 1 N–H and O–H groups in total. The highest BCUT2D eigenvalue weighted by atomic mass is 32.2. The molecule has 1 aromatic carbocycles. The Bertz CT molecular complexity index is 715. The smallest absolute Gasteiger partial charge is 0.374 e. The normalized spacial score (nSPS) is 11.1. The van der Waals surface area contributed by atoms with E-state index < -0.39 is 16.0 Å². The molecule has 0 fully saturated rings. The van der Waals surface area contributed by atoms with Crippen LogP contribution in [0.25, 0.3) is 0 Å². The number of rotatable bonds is 4. The summed E-state index contributed by atoms with van der Waals surface area (Å²) >= 11 is 0. The number of furan rings is 1. The zero-order chi connectivity index (χ0) is 14.8. The molecule has 106 valence electrons. The number of hydrogen-bond donors (Lipinski definition) is 1. The summed E-state index contributed by atoms with van der Waals surface area (Å²) in [7, 11) is -2.69. The fourth-order valence-corrected chi connectivity index (χ4v) is 2.50. The van der Waals surface area contributed by atoms with Crippen LogP contribution in [-0.4, -0.2) is 21.5 Å². The number of nitrogens with one attached hydrogen (secondary N) is 1. The van der Waals surface area contributed by atoms with Crippen LogP contribution in [0.15, 0.2) is 45.9 Å². The highest BCUT2D eigenvalue weighted by Crippen LogP contribution is 2.19. The molecule has 0 amide bonds. The van der Waals surface area contributed by atoms with Crippen molar-refractivity contribution >= 4 is 21.7 Å². The Labute approximate surface area is 116 Å². The van der Waals surface area contributed by atoms with Crippen LogP contribution >= 0.6 is 0 Å². The predicted molar refractivity (Wildman–Crippen MR) is 72.0 cm³/mol. The van der Waals surface area contributed by atoms with Gasteiger partial charge in [-0.05, 0) is 31.2 Å². The first-order chi connectivity index (χ1) is 9.42. The molecule has 0 radical (unpaired) electrons. The molecule has 0 saturated heterocycles. The van der Waals surface area contributed by atoms with Gasteiger partial charge in [-0.25, -0.2) is 4.79 Å². The zero-order valence-corrected chi connectivity index (χ0v) is 11.7. The minimum Gasteiger partial charge on any atom is -0.463 e. The number of esters is 1. The second-order valence-electron chi connectivity index (χ2n) is 4.08. The maximum absolute atomic E-state index is 12.1. The van der Waals surface area contributed by atoms with Crippen LogP contribution in [0.3, 0.4) is 0 Å². The van der Waals surface area contributed by atoms with E-state index in [1.807, 2.05) is 6.92 Å². The number of sulfonamides is 1. The van der Waals surface area contributed by atoms with Gasteiger partial charge in [0, 0.05) is 5.69 Å². The molecular formula is C13H13NO5S. The van der Waals surface area contributed by atoms with E-state index in [1.165, 1.54) is 19.2 Å². The maximum atomic E-state index is 12.1. The molecule has 0 saturated carbocycles. The van der Waals surface area contributed by atoms with Crippen molar-refractivity contribution in [2.24, 2.45) is 0 Å². The molecule has 1 heterocycles. The minimum atomic E-state index is -3.87. The Hall–Kier alpha value is -2.28. The monoisotopic (exact) mass is 295 g/mol. The SMILES string of the molecule is COC(=O)c1ccc(S(=O)(=O)Nc2ccc(C)cc2)o1.